The third kappa shape index (κ3) is 4.80. The third-order valence-electron chi connectivity index (χ3n) is 4.62. The van der Waals surface area contributed by atoms with Crippen LogP contribution in [0.5, 0.6) is 11.5 Å². The molecule has 0 unspecified atom stereocenters. The molecule has 0 aliphatic rings. The lowest BCUT2D eigenvalue weighted by atomic mass is 10.1. The van der Waals surface area contributed by atoms with Gasteiger partial charge in [-0.15, -0.1) is 5.10 Å². The normalized spacial score (nSPS) is 10.9. The van der Waals surface area contributed by atoms with E-state index in [0.29, 0.717) is 40.7 Å². The van der Waals surface area contributed by atoms with Crippen LogP contribution in [-0.2, 0) is 18.7 Å². The van der Waals surface area contributed by atoms with E-state index in [1.54, 1.807) is 30.9 Å². The van der Waals surface area contributed by atoms with Crippen LogP contribution in [0.3, 0.4) is 0 Å². The summed E-state index contributed by atoms with van der Waals surface area (Å²) in [4.78, 5) is 16.6. The maximum atomic E-state index is 12.1. The van der Waals surface area contributed by atoms with E-state index < -0.39 is 0 Å². The van der Waals surface area contributed by atoms with Crippen LogP contribution in [0.15, 0.2) is 63.0 Å². The zero-order chi connectivity index (χ0) is 21.6. The van der Waals surface area contributed by atoms with Crippen molar-refractivity contribution >= 4 is 11.8 Å². The van der Waals surface area contributed by atoms with Gasteiger partial charge >= 0.3 is 5.69 Å². The van der Waals surface area contributed by atoms with Crippen molar-refractivity contribution in [3.05, 3.63) is 70.5 Å². The van der Waals surface area contributed by atoms with Gasteiger partial charge in [0.05, 0.1) is 20.0 Å². The standard InChI is InChI=1S/C21H21N5O4S/c1-28-16-9-8-15(12-17(16)29-2)19-22-18(30-25-19)13-31-21-24-23-20(27)26(21)11-10-14-6-4-3-5-7-14/h3-9,12H,10-11,13H2,1-2H3,(H,23,27). The van der Waals surface area contributed by atoms with Crippen molar-refractivity contribution in [3.63, 3.8) is 0 Å². The molecule has 9 nitrogen and oxygen atoms in total. The Morgan fingerprint density at radius 1 is 1.10 bits per heavy atom. The molecular formula is C21H21N5O4S. The molecule has 0 fully saturated rings. The molecule has 0 saturated carbocycles. The highest BCUT2D eigenvalue weighted by atomic mass is 32.2. The molecule has 160 valence electrons. The SMILES string of the molecule is COc1ccc(-c2noc(CSc3n[nH]c(=O)n3CCc3ccccc3)n2)cc1OC. The van der Waals surface area contributed by atoms with E-state index in [4.69, 9.17) is 14.0 Å². The number of ether oxygens (including phenoxy) is 2. The van der Waals surface area contributed by atoms with E-state index in [1.807, 2.05) is 36.4 Å². The van der Waals surface area contributed by atoms with Gasteiger partial charge in [0.25, 0.3) is 0 Å². The quantitative estimate of drug-likeness (QED) is 0.396. The van der Waals surface area contributed by atoms with E-state index in [2.05, 4.69) is 20.3 Å². The molecule has 4 aromatic rings. The van der Waals surface area contributed by atoms with Gasteiger partial charge in [-0.1, -0.05) is 47.3 Å². The fourth-order valence-electron chi connectivity index (χ4n) is 3.03. The first-order valence-electron chi connectivity index (χ1n) is 9.55. The molecular weight excluding hydrogens is 418 g/mol. The van der Waals surface area contributed by atoms with Crippen molar-refractivity contribution in [1.29, 1.82) is 0 Å². The number of nitrogens with zero attached hydrogens (tertiary/aromatic N) is 4. The van der Waals surface area contributed by atoms with Crippen LogP contribution in [0.25, 0.3) is 11.4 Å². The summed E-state index contributed by atoms with van der Waals surface area (Å²) in [5.41, 5.74) is 1.66. The molecule has 2 aromatic heterocycles. The van der Waals surface area contributed by atoms with Gasteiger partial charge in [-0.25, -0.2) is 9.89 Å². The molecule has 0 aliphatic heterocycles. The predicted octanol–water partition coefficient (Wildman–Crippen LogP) is 3.17. The molecule has 0 bridgehead atoms. The van der Waals surface area contributed by atoms with Gasteiger partial charge in [-0.3, -0.25) is 4.57 Å². The highest BCUT2D eigenvalue weighted by Gasteiger charge is 2.15. The average molecular weight is 439 g/mol. The highest BCUT2D eigenvalue weighted by Crippen LogP contribution is 2.31. The molecule has 31 heavy (non-hydrogen) atoms. The smallest absolute Gasteiger partial charge is 0.343 e. The van der Waals surface area contributed by atoms with Gasteiger partial charge in [0.2, 0.25) is 11.7 Å². The van der Waals surface area contributed by atoms with Crippen molar-refractivity contribution in [2.45, 2.75) is 23.9 Å². The highest BCUT2D eigenvalue weighted by molar-refractivity contribution is 7.98. The second-order valence-electron chi connectivity index (χ2n) is 6.57. The molecule has 0 atom stereocenters. The van der Waals surface area contributed by atoms with Crippen LogP contribution < -0.4 is 15.2 Å². The van der Waals surface area contributed by atoms with Crippen LogP contribution in [0.1, 0.15) is 11.5 Å². The van der Waals surface area contributed by atoms with E-state index in [-0.39, 0.29) is 5.69 Å². The molecule has 0 radical (unpaired) electrons. The summed E-state index contributed by atoms with van der Waals surface area (Å²) >= 11 is 1.36. The van der Waals surface area contributed by atoms with E-state index in [1.165, 1.54) is 11.8 Å². The molecule has 0 saturated heterocycles. The minimum absolute atomic E-state index is 0.241. The van der Waals surface area contributed by atoms with Gasteiger partial charge in [0.15, 0.2) is 16.7 Å². The zero-order valence-electron chi connectivity index (χ0n) is 17.1. The Morgan fingerprint density at radius 2 is 1.90 bits per heavy atom. The van der Waals surface area contributed by atoms with Crippen molar-refractivity contribution in [2.24, 2.45) is 0 Å². The Hall–Kier alpha value is -3.53. The number of rotatable bonds is 9. The first-order chi connectivity index (χ1) is 15.2. The Kier molecular flexibility index (Phi) is 6.37. The second kappa shape index (κ2) is 9.52. The maximum Gasteiger partial charge on any atom is 0.343 e. The summed E-state index contributed by atoms with van der Waals surface area (Å²) in [6.07, 6.45) is 0.734. The number of H-pyrrole nitrogens is 1. The van der Waals surface area contributed by atoms with Gasteiger partial charge in [0, 0.05) is 12.1 Å². The van der Waals surface area contributed by atoms with Crippen molar-refractivity contribution < 1.29 is 14.0 Å². The molecule has 0 aliphatic carbocycles. The van der Waals surface area contributed by atoms with E-state index in [9.17, 15) is 4.79 Å². The third-order valence-corrected chi connectivity index (χ3v) is 5.59. The molecule has 1 N–H and O–H groups in total. The minimum Gasteiger partial charge on any atom is -0.493 e. The molecule has 0 amide bonds. The topological polar surface area (TPSA) is 108 Å². The number of thioether (sulfide) groups is 1. The van der Waals surface area contributed by atoms with Gasteiger partial charge in [-0.05, 0) is 30.2 Å². The predicted molar refractivity (Wildman–Crippen MR) is 115 cm³/mol. The van der Waals surface area contributed by atoms with Crippen molar-refractivity contribution in [3.8, 4) is 22.9 Å². The van der Waals surface area contributed by atoms with Gasteiger partial charge in [-0.2, -0.15) is 4.98 Å². The summed E-state index contributed by atoms with van der Waals surface area (Å²) in [6, 6.07) is 15.4. The molecule has 2 aromatic carbocycles. The Balaban J connectivity index is 1.43. The number of hydrogen-bond donors (Lipinski definition) is 1. The zero-order valence-corrected chi connectivity index (χ0v) is 17.9. The van der Waals surface area contributed by atoms with Gasteiger partial charge in [0.1, 0.15) is 0 Å². The molecule has 2 heterocycles. The summed E-state index contributed by atoms with van der Waals surface area (Å²) in [5.74, 6) is 2.47. The van der Waals surface area contributed by atoms with E-state index in [0.717, 1.165) is 17.5 Å². The Labute approximate surface area is 182 Å². The lowest BCUT2D eigenvalue weighted by molar-refractivity contribution is 0.355. The second-order valence-corrected chi connectivity index (χ2v) is 7.51. The molecule has 0 spiro atoms. The average Bonchev–Trinajstić information content (AvgIpc) is 3.43. The minimum atomic E-state index is -0.241. The van der Waals surface area contributed by atoms with Crippen molar-refractivity contribution in [2.75, 3.05) is 14.2 Å². The number of benzene rings is 2. The van der Waals surface area contributed by atoms with Crippen LogP contribution in [0.4, 0.5) is 0 Å². The largest absolute Gasteiger partial charge is 0.493 e. The Morgan fingerprint density at radius 3 is 2.68 bits per heavy atom. The maximum absolute atomic E-state index is 12.1. The lowest BCUT2D eigenvalue weighted by Crippen LogP contribution is -2.18. The number of hydrogen-bond acceptors (Lipinski definition) is 8. The first-order valence-corrected chi connectivity index (χ1v) is 10.5. The summed E-state index contributed by atoms with van der Waals surface area (Å²) in [6.45, 7) is 0.530. The fraction of sp³-hybridized carbons (Fsp3) is 0.238. The number of aromatic amines is 1. The number of methoxy groups -OCH3 is 2. The lowest BCUT2D eigenvalue weighted by Gasteiger charge is -2.07. The van der Waals surface area contributed by atoms with Crippen molar-refractivity contribution in [1.82, 2.24) is 24.9 Å². The van der Waals surface area contributed by atoms with Crippen LogP contribution in [0, 0.1) is 0 Å². The van der Waals surface area contributed by atoms with Crippen LogP contribution >= 0.6 is 11.8 Å². The van der Waals surface area contributed by atoms with Crippen LogP contribution in [0.2, 0.25) is 0 Å². The fourth-order valence-corrected chi connectivity index (χ4v) is 3.84. The first kappa shape index (κ1) is 20.7. The van der Waals surface area contributed by atoms with Crippen LogP contribution in [-0.4, -0.2) is 39.1 Å². The van der Waals surface area contributed by atoms with Gasteiger partial charge < -0.3 is 14.0 Å². The summed E-state index contributed by atoms with van der Waals surface area (Å²) in [5, 5.41) is 11.2. The summed E-state index contributed by atoms with van der Waals surface area (Å²) < 4.78 is 17.6. The molecule has 10 heteroatoms. The number of aromatic nitrogens is 5. The summed E-state index contributed by atoms with van der Waals surface area (Å²) in [7, 11) is 3.15. The Bertz CT molecular complexity index is 1200. The molecule has 4 rings (SSSR count). The number of nitrogens with one attached hydrogen (secondary N) is 1. The monoisotopic (exact) mass is 439 g/mol. The number of aryl methyl sites for hydroxylation is 1. The van der Waals surface area contributed by atoms with E-state index >= 15 is 0 Å².